The van der Waals surface area contributed by atoms with Gasteiger partial charge in [0.1, 0.15) is 0 Å². The molecule has 4 rings (SSSR count). The van der Waals surface area contributed by atoms with Crippen molar-refractivity contribution in [3.05, 3.63) is 60.7 Å². The molecule has 0 saturated heterocycles. The summed E-state index contributed by atoms with van der Waals surface area (Å²) in [4.78, 5) is 23.6. The van der Waals surface area contributed by atoms with Crippen LogP contribution in [0.25, 0.3) is 0 Å². The van der Waals surface area contributed by atoms with Crippen LogP contribution in [0.4, 0.5) is 21.0 Å². The first kappa shape index (κ1) is 25.6. The van der Waals surface area contributed by atoms with Crippen molar-refractivity contribution in [2.75, 3.05) is 10.6 Å². The van der Waals surface area contributed by atoms with E-state index in [4.69, 9.17) is 0 Å². The normalized spacial score (nSPS) is 24.1. The van der Waals surface area contributed by atoms with E-state index in [1.54, 1.807) is 0 Å². The van der Waals surface area contributed by atoms with E-state index in [0.29, 0.717) is 23.9 Å². The Balaban J connectivity index is 0.000000191. The van der Waals surface area contributed by atoms with Crippen molar-refractivity contribution >= 4 is 23.4 Å². The summed E-state index contributed by atoms with van der Waals surface area (Å²) >= 11 is 0. The fourth-order valence-electron chi connectivity index (χ4n) is 4.78. The summed E-state index contributed by atoms with van der Waals surface area (Å²) in [5, 5.41) is 11.9. The van der Waals surface area contributed by atoms with Gasteiger partial charge in [-0.1, -0.05) is 75.9 Å². The van der Waals surface area contributed by atoms with Gasteiger partial charge in [0, 0.05) is 23.5 Å². The number of carbonyl (C=O) groups is 2. The number of hydrogen-bond donors (Lipinski definition) is 4. The van der Waals surface area contributed by atoms with Gasteiger partial charge < -0.3 is 21.3 Å². The second-order valence-electron chi connectivity index (χ2n) is 9.67. The molecule has 0 radical (unpaired) electrons. The van der Waals surface area contributed by atoms with Gasteiger partial charge in [-0.25, -0.2) is 9.59 Å². The van der Waals surface area contributed by atoms with Crippen LogP contribution in [0.2, 0.25) is 0 Å². The topological polar surface area (TPSA) is 82.3 Å². The lowest BCUT2D eigenvalue weighted by atomic mass is 9.86. The van der Waals surface area contributed by atoms with Crippen molar-refractivity contribution in [2.24, 2.45) is 11.8 Å². The second-order valence-corrected chi connectivity index (χ2v) is 9.67. The third-order valence-corrected chi connectivity index (χ3v) is 6.92. The lowest BCUT2D eigenvalue weighted by Gasteiger charge is -2.29. The summed E-state index contributed by atoms with van der Waals surface area (Å²) in [6.45, 7) is 4.43. The summed E-state index contributed by atoms with van der Waals surface area (Å²) in [7, 11) is 0. The van der Waals surface area contributed by atoms with Crippen LogP contribution in [0.1, 0.15) is 65.2 Å². The molecule has 184 valence electrons. The van der Waals surface area contributed by atoms with Gasteiger partial charge in [0.05, 0.1) is 0 Å². The first-order valence-corrected chi connectivity index (χ1v) is 12.8. The molecule has 0 aliphatic heterocycles. The average molecular weight is 465 g/mol. The molecule has 2 aliphatic carbocycles. The van der Waals surface area contributed by atoms with Crippen molar-refractivity contribution in [1.82, 2.24) is 10.6 Å². The first-order chi connectivity index (χ1) is 16.5. The molecule has 6 nitrogen and oxygen atoms in total. The fraction of sp³-hybridized carbons (Fsp3) is 0.500. The molecule has 2 aliphatic rings. The molecule has 4 unspecified atom stereocenters. The summed E-state index contributed by atoms with van der Waals surface area (Å²) in [6, 6.07) is 19.6. The molecule has 0 aromatic heterocycles. The minimum atomic E-state index is -0.0880. The number of urea groups is 2. The van der Waals surface area contributed by atoms with E-state index in [0.717, 1.165) is 24.2 Å². The molecule has 34 heavy (non-hydrogen) atoms. The third kappa shape index (κ3) is 8.73. The van der Waals surface area contributed by atoms with Gasteiger partial charge in [0.25, 0.3) is 0 Å². The van der Waals surface area contributed by atoms with E-state index in [1.165, 1.54) is 38.5 Å². The number of anilines is 2. The number of carbonyl (C=O) groups excluding carboxylic acids is 2. The zero-order chi connectivity index (χ0) is 24.2. The summed E-state index contributed by atoms with van der Waals surface area (Å²) in [6.07, 6.45) is 9.67. The fourth-order valence-corrected chi connectivity index (χ4v) is 4.78. The summed E-state index contributed by atoms with van der Waals surface area (Å²) < 4.78 is 0. The monoisotopic (exact) mass is 464 g/mol. The van der Waals surface area contributed by atoms with Crippen LogP contribution in [0.3, 0.4) is 0 Å². The lowest BCUT2D eigenvalue weighted by Crippen LogP contribution is -2.43. The standard InChI is InChI=1S/2C14H20N2O/c2*1-11-7-5-6-10-13(11)16-14(17)15-12-8-3-2-4-9-12/h2*2-4,8-9,11,13H,5-7,10H2,1H3,(H2,15,16,17). The van der Waals surface area contributed by atoms with Crippen molar-refractivity contribution < 1.29 is 9.59 Å². The van der Waals surface area contributed by atoms with E-state index in [2.05, 4.69) is 35.1 Å². The van der Waals surface area contributed by atoms with Crippen LogP contribution < -0.4 is 21.3 Å². The molecule has 4 atom stereocenters. The van der Waals surface area contributed by atoms with Crippen LogP contribution in [-0.4, -0.2) is 24.1 Å². The minimum absolute atomic E-state index is 0.0880. The third-order valence-electron chi connectivity index (χ3n) is 6.92. The predicted molar refractivity (Wildman–Crippen MR) is 140 cm³/mol. The summed E-state index contributed by atoms with van der Waals surface area (Å²) in [5.41, 5.74) is 1.68. The number of para-hydroxylation sites is 2. The Morgan fingerprint density at radius 1 is 0.588 bits per heavy atom. The highest BCUT2D eigenvalue weighted by Crippen LogP contribution is 2.24. The number of amides is 4. The van der Waals surface area contributed by atoms with Gasteiger partial charge in [-0.2, -0.15) is 0 Å². The Bertz CT molecular complexity index is 801. The van der Waals surface area contributed by atoms with Crippen molar-refractivity contribution in [3.8, 4) is 0 Å². The molecule has 6 heteroatoms. The van der Waals surface area contributed by atoms with E-state index < -0.39 is 0 Å². The van der Waals surface area contributed by atoms with Gasteiger partial charge in [0.2, 0.25) is 0 Å². The molecule has 4 N–H and O–H groups in total. The average Bonchev–Trinajstić information content (AvgIpc) is 2.84. The largest absolute Gasteiger partial charge is 0.335 e. The zero-order valence-electron chi connectivity index (χ0n) is 20.6. The Hall–Kier alpha value is -3.02. The smallest absolute Gasteiger partial charge is 0.319 e. The zero-order valence-corrected chi connectivity index (χ0v) is 20.6. The van der Waals surface area contributed by atoms with E-state index in [-0.39, 0.29) is 12.1 Å². The van der Waals surface area contributed by atoms with Gasteiger partial charge in [-0.05, 0) is 61.8 Å². The Morgan fingerprint density at radius 3 is 1.29 bits per heavy atom. The number of hydrogen-bond acceptors (Lipinski definition) is 2. The maximum Gasteiger partial charge on any atom is 0.319 e. The molecular weight excluding hydrogens is 424 g/mol. The van der Waals surface area contributed by atoms with Crippen molar-refractivity contribution in [2.45, 2.75) is 77.3 Å². The molecule has 2 saturated carbocycles. The van der Waals surface area contributed by atoms with Crippen molar-refractivity contribution in [3.63, 3.8) is 0 Å². The SMILES string of the molecule is CC1CCCCC1NC(=O)Nc1ccccc1.CC1CCCCC1NC(=O)Nc1ccccc1. The van der Waals surface area contributed by atoms with Gasteiger partial charge in [-0.3, -0.25) is 0 Å². The molecule has 2 fully saturated rings. The first-order valence-electron chi connectivity index (χ1n) is 12.8. The van der Waals surface area contributed by atoms with Crippen LogP contribution in [0.5, 0.6) is 0 Å². The lowest BCUT2D eigenvalue weighted by molar-refractivity contribution is 0.232. The molecular formula is C28H40N4O2. The molecule has 2 aromatic rings. The highest BCUT2D eigenvalue weighted by molar-refractivity contribution is 5.89. The number of benzene rings is 2. The predicted octanol–water partition coefficient (Wildman–Crippen LogP) is 6.77. The quantitative estimate of drug-likeness (QED) is 0.402. The second kappa shape index (κ2) is 13.6. The van der Waals surface area contributed by atoms with E-state index in [1.807, 2.05) is 60.7 Å². The van der Waals surface area contributed by atoms with Gasteiger partial charge >= 0.3 is 12.1 Å². The number of nitrogens with one attached hydrogen (secondary N) is 4. The number of rotatable bonds is 4. The highest BCUT2D eigenvalue weighted by Gasteiger charge is 2.23. The minimum Gasteiger partial charge on any atom is -0.335 e. The van der Waals surface area contributed by atoms with Crippen LogP contribution >= 0.6 is 0 Å². The van der Waals surface area contributed by atoms with Crippen LogP contribution in [-0.2, 0) is 0 Å². The maximum absolute atomic E-state index is 11.8. The molecule has 0 heterocycles. The van der Waals surface area contributed by atoms with Gasteiger partial charge in [0.15, 0.2) is 0 Å². The van der Waals surface area contributed by atoms with Gasteiger partial charge in [-0.15, -0.1) is 0 Å². The van der Waals surface area contributed by atoms with Crippen LogP contribution in [0.15, 0.2) is 60.7 Å². The summed E-state index contributed by atoms with van der Waals surface area (Å²) in [5.74, 6) is 1.18. The molecule has 0 spiro atoms. The molecule has 2 aromatic carbocycles. The molecule has 4 amide bonds. The van der Waals surface area contributed by atoms with E-state index in [9.17, 15) is 9.59 Å². The van der Waals surface area contributed by atoms with Crippen LogP contribution in [0, 0.1) is 11.8 Å². The Kier molecular flexibility index (Phi) is 10.3. The highest BCUT2D eigenvalue weighted by atomic mass is 16.2. The van der Waals surface area contributed by atoms with E-state index >= 15 is 0 Å². The Labute approximate surface area is 204 Å². The molecule has 0 bridgehead atoms. The maximum atomic E-state index is 11.8. The Morgan fingerprint density at radius 2 is 0.941 bits per heavy atom. The van der Waals surface area contributed by atoms with Crippen molar-refractivity contribution in [1.29, 1.82) is 0 Å².